The predicted octanol–water partition coefficient (Wildman–Crippen LogP) is 3.93. The van der Waals surface area contributed by atoms with Crippen molar-refractivity contribution in [1.82, 2.24) is 0 Å². The monoisotopic (exact) mass is 312 g/mol. The average Bonchev–Trinajstić information content (AvgIpc) is 2.58. The summed E-state index contributed by atoms with van der Waals surface area (Å²) in [5, 5.41) is 0. The molecule has 0 amide bonds. The minimum atomic E-state index is -0.423. The van der Waals surface area contributed by atoms with Gasteiger partial charge >= 0.3 is 5.97 Å². The highest BCUT2D eigenvalue weighted by atomic mass is 16.5. The number of benzene rings is 2. The van der Waals surface area contributed by atoms with Crippen LogP contribution < -0.4 is 9.47 Å². The Morgan fingerprint density at radius 2 is 1.96 bits per heavy atom. The topological polar surface area (TPSA) is 44.8 Å². The Balaban J connectivity index is 2.12. The Hall–Kier alpha value is -2.75. The number of aryl methyl sites for hydroxylation is 1. The number of esters is 1. The first-order chi connectivity index (χ1) is 11.2. The molecule has 0 heterocycles. The smallest absolute Gasteiger partial charge is 0.338 e. The molecule has 0 saturated heterocycles. The van der Waals surface area contributed by atoms with Gasteiger partial charge in [-0.15, -0.1) is 0 Å². The van der Waals surface area contributed by atoms with E-state index in [1.54, 1.807) is 18.2 Å². The molecule has 4 nitrogen and oxygen atoms in total. The van der Waals surface area contributed by atoms with Crippen LogP contribution in [-0.4, -0.2) is 19.7 Å². The van der Waals surface area contributed by atoms with Gasteiger partial charge in [0.05, 0.1) is 12.7 Å². The predicted molar refractivity (Wildman–Crippen MR) is 89.0 cm³/mol. The van der Waals surface area contributed by atoms with Gasteiger partial charge in [0, 0.05) is 0 Å². The first kappa shape index (κ1) is 16.6. The van der Waals surface area contributed by atoms with E-state index in [1.807, 2.05) is 31.2 Å². The van der Waals surface area contributed by atoms with Crippen LogP contribution in [-0.2, 0) is 11.3 Å². The van der Waals surface area contributed by atoms with Gasteiger partial charge in [0.15, 0.2) is 11.5 Å². The molecule has 2 aromatic carbocycles. The van der Waals surface area contributed by atoms with E-state index >= 15 is 0 Å². The molecule has 0 bridgehead atoms. The average molecular weight is 312 g/mol. The summed E-state index contributed by atoms with van der Waals surface area (Å²) in [7, 11) is 1.54. The van der Waals surface area contributed by atoms with Crippen LogP contribution in [0.4, 0.5) is 0 Å². The molecule has 0 radical (unpaired) electrons. The fraction of sp³-hybridized carbons (Fsp3) is 0.211. The number of carbonyl (C=O) groups excluding carboxylic acids is 1. The van der Waals surface area contributed by atoms with Gasteiger partial charge in [-0.1, -0.05) is 36.9 Å². The Kier molecular flexibility index (Phi) is 5.80. The zero-order valence-electron chi connectivity index (χ0n) is 13.4. The normalized spacial score (nSPS) is 10.0. The lowest BCUT2D eigenvalue weighted by molar-refractivity contribution is 0.0549. The molecular formula is C19H20O4. The van der Waals surface area contributed by atoms with E-state index < -0.39 is 5.97 Å². The summed E-state index contributed by atoms with van der Waals surface area (Å²) < 4.78 is 16.1. The van der Waals surface area contributed by atoms with Gasteiger partial charge in [-0.3, -0.25) is 0 Å². The van der Waals surface area contributed by atoms with E-state index in [0.717, 1.165) is 11.1 Å². The molecule has 4 heteroatoms. The highest BCUT2D eigenvalue weighted by Gasteiger charge is 2.12. The molecule has 120 valence electrons. The Bertz CT molecular complexity index is 692. The fourth-order valence-electron chi connectivity index (χ4n) is 2.06. The largest absolute Gasteiger partial charge is 0.493 e. The summed E-state index contributed by atoms with van der Waals surface area (Å²) in [4.78, 5) is 11.8. The number of hydrogen-bond acceptors (Lipinski definition) is 4. The molecule has 0 aromatic heterocycles. The van der Waals surface area contributed by atoms with Crippen LogP contribution in [0, 0.1) is 6.92 Å². The Labute approximate surface area is 136 Å². The molecule has 0 aliphatic carbocycles. The van der Waals surface area contributed by atoms with Crippen molar-refractivity contribution in [2.75, 3.05) is 13.7 Å². The summed E-state index contributed by atoms with van der Waals surface area (Å²) in [6.07, 6.45) is 1.52. The van der Waals surface area contributed by atoms with Crippen molar-refractivity contribution < 1.29 is 19.0 Å². The maximum Gasteiger partial charge on any atom is 0.338 e. The van der Waals surface area contributed by atoms with Crippen molar-refractivity contribution in [3.8, 4) is 11.5 Å². The summed E-state index contributed by atoms with van der Waals surface area (Å²) in [6.45, 7) is 6.16. The lowest BCUT2D eigenvalue weighted by Gasteiger charge is -2.13. The van der Waals surface area contributed by atoms with E-state index in [2.05, 4.69) is 6.58 Å². The molecule has 0 N–H and O–H groups in total. The van der Waals surface area contributed by atoms with Gasteiger partial charge < -0.3 is 14.2 Å². The molecule has 0 unspecified atom stereocenters. The Morgan fingerprint density at radius 1 is 1.17 bits per heavy atom. The molecule has 0 aliphatic rings. The van der Waals surface area contributed by atoms with Crippen LogP contribution in [0.3, 0.4) is 0 Å². The van der Waals surface area contributed by atoms with Crippen LogP contribution in [0.2, 0.25) is 0 Å². The third-order valence-corrected chi connectivity index (χ3v) is 3.38. The molecule has 0 saturated carbocycles. The molecular weight excluding hydrogens is 292 g/mol. The SMILES string of the molecule is C=CCOC(=O)c1ccc(OCc2ccccc2C)c(OC)c1. The van der Waals surface area contributed by atoms with Crippen LogP contribution in [0.25, 0.3) is 0 Å². The van der Waals surface area contributed by atoms with Crippen molar-refractivity contribution in [2.45, 2.75) is 13.5 Å². The van der Waals surface area contributed by atoms with Gasteiger partial charge in [0.25, 0.3) is 0 Å². The zero-order valence-corrected chi connectivity index (χ0v) is 13.4. The van der Waals surface area contributed by atoms with Crippen molar-refractivity contribution in [3.05, 3.63) is 71.8 Å². The number of rotatable bonds is 7. The van der Waals surface area contributed by atoms with E-state index in [-0.39, 0.29) is 6.61 Å². The van der Waals surface area contributed by atoms with E-state index in [9.17, 15) is 4.79 Å². The maximum atomic E-state index is 11.8. The fourth-order valence-corrected chi connectivity index (χ4v) is 2.06. The van der Waals surface area contributed by atoms with E-state index in [4.69, 9.17) is 14.2 Å². The lowest BCUT2D eigenvalue weighted by atomic mass is 10.1. The van der Waals surface area contributed by atoms with E-state index in [1.165, 1.54) is 13.2 Å². The second-order valence-corrected chi connectivity index (χ2v) is 4.97. The van der Waals surface area contributed by atoms with Crippen molar-refractivity contribution in [2.24, 2.45) is 0 Å². The minimum absolute atomic E-state index is 0.173. The van der Waals surface area contributed by atoms with Crippen LogP contribution in [0.15, 0.2) is 55.1 Å². The number of carbonyl (C=O) groups is 1. The summed E-state index contributed by atoms with van der Waals surface area (Å²) in [5.41, 5.74) is 2.67. The summed E-state index contributed by atoms with van der Waals surface area (Å²) >= 11 is 0. The first-order valence-electron chi connectivity index (χ1n) is 7.29. The quantitative estimate of drug-likeness (QED) is 0.574. The van der Waals surface area contributed by atoms with Gasteiger partial charge in [0.1, 0.15) is 13.2 Å². The van der Waals surface area contributed by atoms with Gasteiger partial charge in [-0.25, -0.2) is 4.79 Å². The van der Waals surface area contributed by atoms with Gasteiger partial charge in [0.2, 0.25) is 0 Å². The highest BCUT2D eigenvalue weighted by Crippen LogP contribution is 2.29. The third-order valence-electron chi connectivity index (χ3n) is 3.38. The third kappa shape index (κ3) is 4.36. The lowest BCUT2D eigenvalue weighted by Crippen LogP contribution is -2.06. The summed E-state index contributed by atoms with van der Waals surface area (Å²) in [5.74, 6) is 0.649. The molecule has 2 aromatic rings. The van der Waals surface area contributed by atoms with Crippen molar-refractivity contribution >= 4 is 5.97 Å². The highest BCUT2D eigenvalue weighted by molar-refractivity contribution is 5.90. The van der Waals surface area contributed by atoms with Crippen molar-refractivity contribution in [3.63, 3.8) is 0 Å². The van der Waals surface area contributed by atoms with Gasteiger partial charge in [-0.05, 0) is 36.2 Å². The van der Waals surface area contributed by atoms with Crippen LogP contribution in [0.5, 0.6) is 11.5 Å². The number of ether oxygens (including phenoxy) is 3. The maximum absolute atomic E-state index is 11.8. The standard InChI is InChI=1S/C19H20O4/c1-4-11-22-19(20)15-9-10-17(18(12-15)21-3)23-13-16-8-6-5-7-14(16)2/h4-10,12H,1,11,13H2,2-3H3. The molecule has 0 aliphatic heterocycles. The Morgan fingerprint density at radius 3 is 2.65 bits per heavy atom. The molecule has 0 atom stereocenters. The van der Waals surface area contributed by atoms with Crippen LogP contribution in [0.1, 0.15) is 21.5 Å². The van der Waals surface area contributed by atoms with Crippen LogP contribution >= 0.6 is 0 Å². The van der Waals surface area contributed by atoms with E-state index in [0.29, 0.717) is 23.7 Å². The molecule has 0 fully saturated rings. The zero-order chi connectivity index (χ0) is 16.7. The van der Waals surface area contributed by atoms with Gasteiger partial charge in [-0.2, -0.15) is 0 Å². The minimum Gasteiger partial charge on any atom is -0.493 e. The summed E-state index contributed by atoms with van der Waals surface area (Å²) in [6, 6.07) is 13.0. The number of hydrogen-bond donors (Lipinski definition) is 0. The van der Waals surface area contributed by atoms with Crippen molar-refractivity contribution in [1.29, 1.82) is 0 Å². The molecule has 23 heavy (non-hydrogen) atoms. The first-order valence-corrected chi connectivity index (χ1v) is 7.29. The second-order valence-electron chi connectivity index (χ2n) is 4.97. The number of methoxy groups -OCH3 is 1. The molecule has 0 spiro atoms. The second kappa shape index (κ2) is 8.03. The molecule has 2 rings (SSSR count).